The molecule has 0 aromatic rings. The van der Waals surface area contributed by atoms with Gasteiger partial charge in [0.05, 0.1) is 25.4 Å². The second-order valence-electron chi connectivity index (χ2n) is 26.8. The zero-order valence-electron chi connectivity index (χ0n) is 60.2. The molecule has 0 bridgehead atoms. The van der Waals surface area contributed by atoms with Crippen LogP contribution in [0.25, 0.3) is 0 Å². The van der Waals surface area contributed by atoms with Crippen molar-refractivity contribution in [1.29, 1.82) is 0 Å². The van der Waals surface area contributed by atoms with Crippen LogP contribution in [0.5, 0.6) is 0 Å². The molecule has 1 fully saturated rings. The number of hydrogen-bond donors (Lipinski definition) is 6. The van der Waals surface area contributed by atoms with Gasteiger partial charge in [-0.1, -0.05) is 373 Å². The molecular weight excluding hydrogens is 1150 g/mol. The van der Waals surface area contributed by atoms with E-state index in [4.69, 9.17) is 9.47 Å². The Morgan fingerprint density at radius 2 is 0.667 bits per heavy atom. The minimum Gasteiger partial charge on any atom is -0.394 e. The number of nitrogens with one attached hydrogen (secondary N) is 1. The van der Waals surface area contributed by atoms with E-state index in [0.29, 0.717) is 12.8 Å². The molecule has 1 heterocycles. The van der Waals surface area contributed by atoms with Gasteiger partial charge in [-0.2, -0.15) is 0 Å². The molecule has 536 valence electrons. The quantitative estimate of drug-likeness (QED) is 0.0261. The van der Waals surface area contributed by atoms with Crippen LogP contribution in [0.2, 0.25) is 0 Å². The molecule has 1 aliphatic heterocycles. The summed E-state index contributed by atoms with van der Waals surface area (Å²) in [5.74, 6) is -0.153. The van der Waals surface area contributed by atoms with Crippen molar-refractivity contribution < 1.29 is 39.8 Å². The van der Waals surface area contributed by atoms with E-state index in [1.54, 1.807) is 0 Å². The molecule has 6 N–H and O–H groups in total. The van der Waals surface area contributed by atoms with Gasteiger partial charge in [-0.25, -0.2) is 0 Å². The largest absolute Gasteiger partial charge is 0.394 e. The van der Waals surface area contributed by atoms with E-state index in [0.717, 1.165) is 116 Å². The van der Waals surface area contributed by atoms with Crippen LogP contribution in [0.3, 0.4) is 0 Å². The number of ether oxygens (including phenoxy) is 2. The average molecular weight is 1300 g/mol. The number of carbonyl (C=O) groups is 1. The van der Waals surface area contributed by atoms with Crippen LogP contribution < -0.4 is 5.32 Å². The van der Waals surface area contributed by atoms with Crippen molar-refractivity contribution in [1.82, 2.24) is 5.32 Å². The van der Waals surface area contributed by atoms with Crippen LogP contribution in [0.15, 0.2) is 122 Å². The number of rotatable bonds is 68. The second kappa shape index (κ2) is 71.4. The Hall–Kier alpha value is -3.41. The van der Waals surface area contributed by atoms with Gasteiger partial charge in [0.1, 0.15) is 24.4 Å². The van der Waals surface area contributed by atoms with Crippen molar-refractivity contribution in [3.63, 3.8) is 0 Å². The highest BCUT2D eigenvalue weighted by Gasteiger charge is 2.44. The smallest absolute Gasteiger partial charge is 0.220 e. The Bertz CT molecular complexity index is 1890. The van der Waals surface area contributed by atoms with E-state index >= 15 is 0 Å². The first-order valence-electron chi connectivity index (χ1n) is 39.2. The van der Waals surface area contributed by atoms with E-state index in [1.807, 2.05) is 0 Å². The molecule has 1 rings (SSSR count). The van der Waals surface area contributed by atoms with Crippen molar-refractivity contribution in [2.24, 2.45) is 0 Å². The average Bonchev–Trinajstić information content (AvgIpc) is 1.02. The summed E-state index contributed by atoms with van der Waals surface area (Å²) in [7, 11) is 0. The van der Waals surface area contributed by atoms with Gasteiger partial charge in [0.15, 0.2) is 6.29 Å². The number of aliphatic hydroxyl groups excluding tert-OH is 5. The van der Waals surface area contributed by atoms with Crippen LogP contribution in [0.1, 0.15) is 348 Å². The van der Waals surface area contributed by atoms with Crippen LogP contribution in [-0.2, 0) is 14.3 Å². The van der Waals surface area contributed by atoms with Gasteiger partial charge in [-0.3, -0.25) is 4.79 Å². The number of unbranched alkanes of at least 4 members (excludes halogenated alkanes) is 38. The van der Waals surface area contributed by atoms with E-state index < -0.39 is 49.5 Å². The molecule has 7 atom stereocenters. The van der Waals surface area contributed by atoms with Gasteiger partial charge in [0.25, 0.3) is 0 Å². The van der Waals surface area contributed by atoms with E-state index in [1.165, 1.54) is 205 Å². The minimum absolute atomic E-state index is 0.146. The molecule has 9 heteroatoms. The summed E-state index contributed by atoms with van der Waals surface area (Å²) in [5, 5.41) is 55.1. The molecule has 0 aromatic carbocycles. The Balaban J connectivity index is 2.11. The number of hydrogen-bond acceptors (Lipinski definition) is 8. The number of amides is 1. The Kier molecular flexibility index (Phi) is 67.2. The summed E-state index contributed by atoms with van der Waals surface area (Å²) in [5.41, 5.74) is 0. The van der Waals surface area contributed by atoms with E-state index in [9.17, 15) is 30.3 Å². The summed E-state index contributed by atoms with van der Waals surface area (Å²) in [6.07, 6.45) is 100.0. The maximum absolute atomic E-state index is 13.2. The first-order valence-corrected chi connectivity index (χ1v) is 39.2. The van der Waals surface area contributed by atoms with Crippen LogP contribution in [-0.4, -0.2) is 87.5 Å². The number of allylic oxidation sites excluding steroid dienone is 20. The molecule has 0 aliphatic carbocycles. The molecule has 7 unspecified atom stereocenters. The third kappa shape index (κ3) is 59.6. The van der Waals surface area contributed by atoms with E-state index in [-0.39, 0.29) is 12.5 Å². The topological polar surface area (TPSA) is 149 Å². The fourth-order valence-corrected chi connectivity index (χ4v) is 12.0. The first-order chi connectivity index (χ1) is 45.8. The van der Waals surface area contributed by atoms with E-state index in [2.05, 4.69) is 141 Å². The molecule has 93 heavy (non-hydrogen) atoms. The first kappa shape index (κ1) is 87.6. The fraction of sp³-hybridized carbons (Fsp3) is 0.750. The Morgan fingerprint density at radius 1 is 0.376 bits per heavy atom. The second-order valence-corrected chi connectivity index (χ2v) is 26.8. The highest BCUT2D eigenvalue weighted by atomic mass is 16.7. The minimum atomic E-state index is -1.56. The van der Waals surface area contributed by atoms with Gasteiger partial charge >= 0.3 is 0 Å². The van der Waals surface area contributed by atoms with Crippen molar-refractivity contribution in [2.45, 2.75) is 391 Å². The molecule has 0 spiro atoms. The van der Waals surface area contributed by atoms with Crippen LogP contribution >= 0.6 is 0 Å². The molecule has 1 amide bonds. The molecule has 0 radical (unpaired) electrons. The van der Waals surface area contributed by atoms with Crippen molar-refractivity contribution in [3.05, 3.63) is 122 Å². The third-order valence-electron chi connectivity index (χ3n) is 18.1. The third-order valence-corrected chi connectivity index (χ3v) is 18.1. The molecule has 1 aliphatic rings. The lowest BCUT2D eigenvalue weighted by Crippen LogP contribution is -2.60. The van der Waals surface area contributed by atoms with Gasteiger partial charge in [0.2, 0.25) is 5.91 Å². The summed E-state index contributed by atoms with van der Waals surface area (Å²) in [6, 6.07) is -0.734. The summed E-state index contributed by atoms with van der Waals surface area (Å²) in [6.45, 7) is 3.76. The lowest BCUT2D eigenvalue weighted by atomic mass is 9.99. The highest BCUT2D eigenvalue weighted by molar-refractivity contribution is 5.76. The molecule has 0 aromatic heterocycles. The Labute approximate surface area is 573 Å². The standard InChI is InChI=1S/C84H147NO8/c1-3-5-7-9-11-13-15-17-19-21-23-25-27-29-31-33-35-36-37-38-39-40-41-42-44-46-48-50-52-54-56-58-60-62-64-66-68-70-72-74-80(88)85-77(76-92-84-83(91)82(90)81(89)79(75-86)93-84)78(87)73-71-69-67-65-63-61-59-57-55-53-51-49-47-45-43-34-32-30-28-26-24-22-20-18-16-14-12-10-8-6-4-2/h5,7,11,13,17,19,23,25,29,31,35-36,38-39,41-42,46,48,52,54,77-79,81-84,86-87,89-91H,3-4,6,8-10,12,14-16,18,20-22,24,26-28,30,32-34,37,40,43-45,47,49-51,53,55-76H2,1-2H3,(H,85,88)/b7-5-,13-11-,19-17-,25-23-,31-29-,36-35-,39-38-,42-41-,48-46-,54-52-. The van der Waals surface area contributed by atoms with Gasteiger partial charge < -0.3 is 40.3 Å². The lowest BCUT2D eigenvalue weighted by molar-refractivity contribution is -0.302. The summed E-state index contributed by atoms with van der Waals surface area (Å²) < 4.78 is 11.4. The molecular formula is C84H147NO8. The predicted octanol–water partition coefficient (Wildman–Crippen LogP) is 22.5. The normalized spacial score (nSPS) is 18.3. The van der Waals surface area contributed by atoms with Gasteiger partial charge in [-0.15, -0.1) is 0 Å². The van der Waals surface area contributed by atoms with Crippen molar-refractivity contribution in [3.8, 4) is 0 Å². The maximum atomic E-state index is 13.2. The van der Waals surface area contributed by atoms with Crippen LogP contribution in [0.4, 0.5) is 0 Å². The molecule has 9 nitrogen and oxygen atoms in total. The molecule has 1 saturated heterocycles. The van der Waals surface area contributed by atoms with Crippen molar-refractivity contribution in [2.75, 3.05) is 13.2 Å². The SMILES string of the molecule is CC/C=C\C/C=C\C/C=C\C/C=C\C/C=C\C/C=C\C/C=C\C/C=C\C/C=C\C/C=C\CCCCCCCCCCC(=O)NC(COC1OC(CO)C(O)C(O)C1O)C(O)CCCCCCCCCCCCCCCCCCCCCCCCCCCCCCCCC. The van der Waals surface area contributed by atoms with Crippen LogP contribution in [0, 0.1) is 0 Å². The zero-order valence-corrected chi connectivity index (χ0v) is 60.2. The lowest BCUT2D eigenvalue weighted by Gasteiger charge is -2.40. The molecule has 0 saturated carbocycles. The monoisotopic (exact) mass is 1300 g/mol. The summed E-state index contributed by atoms with van der Waals surface area (Å²) in [4.78, 5) is 13.2. The number of carbonyl (C=O) groups excluding carboxylic acids is 1. The van der Waals surface area contributed by atoms with Gasteiger partial charge in [-0.05, 0) is 89.9 Å². The highest BCUT2D eigenvalue weighted by Crippen LogP contribution is 2.24. The van der Waals surface area contributed by atoms with Gasteiger partial charge in [0, 0.05) is 6.42 Å². The fourth-order valence-electron chi connectivity index (χ4n) is 12.0. The summed E-state index contributed by atoms with van der Waals surface area (Å²) >= 11 is 0. The van der Waals surface area contributed by atoms with Crippen molar-refractivity contribution >= 4 is 5.91 Å². The zero-order chi connectivity index (χ0) is 67.1. The predicted molar refractivity (Wildman–Crippen MR) is 400 cm³/mol. The Morgan fingerprint density at radius 3 is 0.989 bits per heavy atom. The number of aliphatic hydroxyl groups is 5. The maximum Gasteiger partial charge on any atom is 0.220 e.